The van der Waals surface area contributed by atoms with Gasteiger partial charge in [-0.05, 0) is 36.1 Å². The molecule has 18 heavy (non-hydrogen) atoms. The SMILES string of the molecule is CC(Nc1ccccc1C(=O)O)c1csc(Cl)c1. The summed E-state index contributed by atoms with van der Waals surface area (Å²) in [5, 5.41) is 14.2. The minimum absolute atomic E-state index is 0.00856. The zero-order chi connectivity index (χ0) is 13.1. The largest absolute Gasteiger partial charge is 0.478 e. The van der Waals surface area contributed by atoms with Crippen molar-refractivity contribution >= 4 is 34.6 Å². The third kappa shape index (κ3) is 2.83. The smallest absolute Gasteiger partial charge is 0.337 e. The topological polar surface area (TPSA) is 49.3 Å². The average Bonchev–Trinajstić information content (AvgIpc) is 2.76. The average molecular weight is 282 g/mol. The van der Waals surface area contributed by atoms with E-state index in [-0.39, 0.29) is 11.6 Å². The van der Waals surface area contributed by atoms with E-state index in [9.17, 15) is 4.79 Å². The van der Waals surface area contributed by atoms with E-state index in [2.05, 4.69) is 5.32 Å². The van der Waals surface area contributed by atoms with Gasteiger partial charge in [0.25, 0.3) is 0 Å². The molecule has 2 aromatic rings. The number of benzene rings is 1. The Morgan fingerprint density at radius 2 is 2.17 bits per heavy atom. The van der Waals surface area contributed by atoms with Crippen molar-refractivity contribution in [1.29, 1.82) is 0 Å². The summed E-state index contributed by atoms with van der Waals surface area (Å²) in [6.07, 6.45) is 0. The van der Waals surface area contributed by atoms with Gasteiger partial charge in [-0.3, -0.25) is 0 Å². The number of rotatable bonds is 4. The van der Waals surface area contributed by atoms with Crippen LogP contribution in [0.2, 0.25) is 4.34 Å². The van der Waals surface area contributed by atoms with Gasteiger partial charge in [0.05, 0.1) is 9.90 Å². The van der Waals surface area contributed by atoms with E-state index < -0.39 is 5.97 Å². The van der Waals surface area contributed by atoms with Crippen LogP contribution in [0, 0.1) is 0 Å². The lowest BCUT2D eigenvalue weighted by atomic mass is 10.1. The first-order chi connectivity index (χ1) is 8.58. The molecule has 1 aromatic carbocycles. The Morgan fingerprint density at radius 1 is 1.44 bits per heavy atom. The van der Waals surface area contributed by atoms with Gasteiger partial charge < -0.3 is 10.4 Å². The van der Waals surface area contributed by atoms with Crippen LogP contribution in [0.3, 0.4) is 0 Å². The number of anilines is 1. The molecule has 0 spiro atoms. The molecule has 0 fully saturated rings. The van der Waals surface area contributed by atoms with Crippen molar-refractivity contribution < 1.29 is 9.90 Å². The van der Waals surface area contributed by atoms with Crippen molar-refractivity contribution in [3.63, 3.8) is 0 Å². The van der Waals surface area contributed by atoms with Gasteiger partial charge >= 0.3 is 5.97 Å². The number of carbonyl (C=O) groups is 1. The highest BCUT2D eigenvalue weighted by molar-refractivity contribution is 7.14. The first-order valence-electron chi connectivity index (χ1n) is 5.40. The minimum atomic E-state index is -0.936. The first kappa shape index (κ1) is 12.9. The molecule has 2 N–H and O–H groups in total. The summed E-state index contributed by atoms with van der Waals surface area (Å²) in [6, 6.07) is 8.75. The van der Waals surface area contributed by atoms with Gasteiger partial charge in [0.1, 0.15) is 0 Å². The van der Waals surface area contributed by atoms with Crippen molar-refractivity contribution in [2.24, 2.45) is 0 Å². The third-order valence-electron chi connectivity index (χ3n) is 2.62. The van der Waals surface area contributed by atoms with Crippen LogP contribution in [0.1, 0.15) is 28.9 Å². The van der Waals surface area contributed by atoms with Gasteiger partial charge in [0.15, 0.2) is 0 Å². The number of carboxylic acid groups (broad SMARTS) is 1. The molecule has 0 saturated heterocycles. The van der Waals surface area contributed by atoms with Crippen molar-refractivity contribution in [3.05, 3.63) is 51.2 Å². The normalized spacial score (nSPS) is 12.1. The number of thiophene rings is 1. The molecule has 0 saturated carbocycles. The first-order valence-corrected chi connectivity index (χ1v) is 6.66. The van der Waals surface area contributed by atoms with Crippen LogP contribution in [0.4, 0.5) is 5.69 Å². The molecule has 0 aliphatic carbocycles. The molecule has 0 radical (unpaired) electrons. The van der Waals surface area contributed by atoms with E-state index in [1.807, 2.05) is 24.4 Å². The number of para-hydroxylation sites is 1. The van der Waals surface area contributed by atoms with Gasteiger partial charge in [-0.15, -0.1) is 11.3 Å². The maximum atomic E-state index is 11.1. The molecule has 1 aromatic heterocycles. The third-order valence-corrected chi connectivity index (χ3v) is 3.73. The van der Waals surface area contributed by atoms with Crippen molar-refractivity contribution in [2.75, 3.05) is 5.32 Å². The Morgan fingerprint density at radius 3 is 2.78 bits per heavy atom. The van der Waals surface area contributed by atoms with Gasteiger partial charge in [-0.1, -0.05) is 23.7 Å². The van der Waals surface area contributed by atoms with E-state index in [1.165, 1.54) is 11.3 Å². The highest BCUT2D eigenvalue weighted by Crippen LogP contribution is 2.28. The summed E-state index contributed by atoms with van der Waals surface area (Å²) >= 11 is 7.35. The summed E-state index contributed by atoms with van der Waals surface area (Å²) in [4.78, 5) is 11.1. The zero-order valence-corrected chi connectivity index (χ0v) is 11.3. The number of halogens is 1. The van der Waals surface area contributed by atoms with E-state index in [1.54, 1.807) is 18.2 Å². The number of hydrogen-bond donors (Lipinski definition) is 2. The Kier molecular flexibility index (Phi) is 3.89. The van der Waals surface area contributed by atoms with E-state index in [0.29, 0.717) is 5.69 Å². The quantitative estimate of drug-likeness (QED) is 0.880. The Bertz CT molecular complexity index is 568. The van der Waals surface area contributed by atoms with E-state index in [0.717, 1.165) is 9.90 Å². The Balaban J connectivity index is 2.21. The predicted molar refractivity (Wildman–Crippen MR) is 74.8 cm³/mol. The Hall–Kier alpha value is -1.52. The number of carboxylic acids is 1. The molecule has 0 bridgehead atoms. The maximum absolute atomic E-state index is 11.1. The summed E-state index contributed by atoms with van der Waals surface area (Å²) in [7, 11) is 0. The van der Waals surface area contributed by atoms with Crippen LogP contribution in [0.25, 0.3) is 0 Å². The maximum Gasteiger partial charge on any atom is 0.337 e. The second kappa shape index (κ2) is 5.42. The van der Waals surface area contributed by atoms with Crippen LogP contribution < -0.4 is 5.32 Å². The molecule has 5 heteroatoms. The molecule has 1 heterocycles. The summed E-state index contributed by atoms with van der Waals surface area (Å²) in [6.45, 7) is 1.97. The molecule has 0 aliphatic heterocycles. The minimum Gasteiger partial charge on any atom is -0.478 e. The Labute approximate surface area is 114 Å². The molecular weight excluding hydrogens is 270 g/mol. The highest BCUT2D eigenvalue weighted by atomic mass is 35.5. The van der Waals surface area contributed by atoms with Crippen molar-refractivity contribution in [3.8, 4) is 0 Å². The van der Waals surface area contributed by atoms with Crippen LogP contribution in [0.5, 0.6) is 0 Å². The zero-order valence-electron chi connectivity index (χ0n) is 9.68. The molecule has 1 unspecified atom stereocenters. The van der Waals surface area contributed by atoms with Crippen LogP contribution in [-0.4, -0.2) is 11.1 Å². The van der Waals surface area contributed by atoms with Crippen LogP contribution in [-0.2, 0) is 0 Å². The van der Waals surface area contributed by atoms with Crippen molar-refractivity contribution in [1.82, 2.24) is 0 Å². The fourth-order valence-electron chi connectivity index (χ4n) is 1.66. The summed E-state index contributed by atoms with van der Waals surface area (Å²) in [5.74, 6) is -0.936. The highest BCUT2D eigenvalue weighted by Gasteiger charge is 2.13. The summed E-state index contributed by atoms with van der Waals surface area (Å²) in [5.41, 5.74) is 1.93. The van der Waals surface area contributed by atoms with E-state index in [4.69, 9.17) is 16.7 Å². The van der Waals surface area contributed by atoms with Gasteiger partial charge in [-0.2, -0.15) is 0 Å². The lowest BCUT2D eigenvalue weighted by molar-refractivity contribution is 0.0698. The molecule has 0 aliphatic rings. The lowest BCUT2D eigenvalue weighted by Gasteiger charge is -2.15. The molecule has 3 nitrogen and oxygen atoms in total. The summed E-state index contributed by atoms with van der Waals surface area (Å²) < 4.78 is 0.727. The number of aromatic carboxylic acids is 1. The molecule has 1 atom stereocenters. The van der Waals surface area contributed by atoms with Gasteiger partial charge in [-0.25, -0.2) is 4.79 Å². The lowest BCUT2D eigenvalue weighted by Crippen LogP contribution is -2.09. The predicted octanol–water partition coefficient (Wildman–Crippen LogP) is 4.27. The van der Waals surface area contributed by atoms with Crippen molar-refractivity contribution in [2.45, 2.75) is 13.0 Å². The molecule has 2 rings (SSSR count). The molecular formula is C13H12ClNO2S. The second-order valence-electron chi connectivity index (χ2n) is 3.90. The van der Waals surface area contributed by atoms with Gasteiger partial charge in [0, 0.05) is 11.7 Å². The standard InChI is InChI=1S/C13H12ClNO2S/c1-8(9-6-12(14)18-7-9)15-11-5-3-2-4-10(11)13(16)17/h2-8,15H,1H3,(H,16,17). The molecule has 94 valence electrons. The fraction of sp³-hybridized carbons (Fsp3) is 0.154. The van der Waals surface area contributed by atoms with E-state index >= 15 is 0 Å². The molecule has 0 amide bonds. The monoisotopic (exact) mass is 281 g/mol. The second-order valence-corrected chi connectivity index (χ2v) is 5.44. The number of nitrogens with one attached hydrogen (secondary N) is 1. The van der Waals surface area contributed by atoms with Crippen LogP contribution >= 0.6 is 22.9 Å². The fourth-order valence-corrected chi connectivity index (χ4v) is 2.65. The van der Waals surface area contributed by atoms with Gasteiger partial charge in [0.2, 0.25) is 0 Å². The van der Waals surface area contributed by atoms with Crippen LogP contribution in [0.15, 0.2) is 35.7 Å². The number of hydrogen-bond acceptors (Lipinski definition) is 3.